The van der Waals surface area contributed by atoms with Crippen molar-refractivity contribution in [1.82, 2.24) is 9.99 Å². The number of hydrogen-bond donors (Lipinski definition) is 1. The Morgan fingerprint density at radius 2 is 1.76 bits per heavy atom. The van der Waals surface area contributed by atoms with Crippen LogP contribution in [-0.2, 0) is 4.79 Å². The van der Waals surface area contributed by atoms with Crippen LogP contribution in [0.25, 0.3) is 22.0 Å². The quantitative estimate of drug-likeness (QED) is 0.361. The molecule has 5 rings (SSSR count). The predicted octanol–water partition coefficient (Wildman–Crippen LogP) is 6.34. The first-order valence-corrected chi connectivity index (χ1v) is 11.3. The minimum Gasteiger partial charge on any atom is -0.321 e. The minimum atomic E-state index is -0.773. The fraction of sp³-hybridized carbons (Fsp3) is 0.115. The van der Waals surface area contributed by atoms with Crippen molar-refractivity contribution in [3.05, 3.63) is 104 Å². The van der Waals surface area contributed by atoms with Crippen molar-refractivity contribution in [2.24, 2.45) is 5.10 Å². The minimum absolute atomic E-state index is 0.127. The molecule has 0 unspecified atom stereocenters. The number of aromatic amines is 1. The van der Waals surface area contributed by atoms with Crippen molar-refractivity contribution in [2.75, 3.05) is 0 Å². The Morgan fingerprint density at radius 1 is 1.03 bits per heavy atom. The van der Waals surface area contributed by atoms with Crippen molar-refractivity contribution < 1.29 is 9.18 Å². The van der Waals surface area contributed by atoms with E-state index in [2.05, 4.69) is 10.1 Å². The molecule has 1 N–H and O–H groups in total. The van der Waals surface area contributed by atoms with E-state index in [1.807, 2.05) is 36.4 Å². The number of nitrogens with zero attached hydrogens (tertiary/aromatic N) is 2. The highest BCUT2D eigenvalue weighted by atomic mass is 35.5. The molecule has 34 heavy (non-hydrogen) atoms. The number of halogens is 3. The van der Waals surface area contributed by atoms with Gasteiger partial charge in [-0.25, -0.2) is 9.40 Å². The number of pyridine rings is 1. The summed E-state index contributed by atoms with van der Waals surface area (Å²) < 4.78 is 14.8. The highest BCUT2D eigenvalue weighted by Crippen LogP contribution is 2.40. The topological polar surface area (TPSA) is 65.5 Å². The van der Waals surface area contributed by atoms with Gasteiger partial charge in [-0.1, -0.05) is 59.6 Å². The summed E-state index contributed by atoms with van der Waals surface area (Å²) in [4.78, 5) is 28.8. The van der Waals surface area contributed by atoms with Crippen molar-refractivity contribution in [2.45, 2.75) is 19.4 Å². The number of H-pyrrole nitrogens is 1. The molecule has 0 spiro atoms. The molecule has 2 heterocycles. The van der Waals surface area contributed by atoms with Gasteiger partial charge in [0.25, 0.3) is 5.56 Å². The van der Waals surface area contributed by atoms with Crippen molar-refractivity contribution in [3.63, 3.8) is 0 Å². The van der Waals surface area contributed by atoms with Gasteiger partial charge in [-0.05, 0) is 35.9 Å². The molecule has 1 atom stereocenters. The van der Waals surface area contributed by atoms with E-state index >= 15 is 0 Å². The summed E-state index contributed by atoms with van der Waals surface area (Å²) in [6.07, 6.45) is 0.127. The van der Waals surface area contributed by atoms with Gasteiger partial charge in [0.2, 0.25) is 5.91 Å². The molecule has 0 fully saturated rings. The number of benzene rings is 3. The van der Waals surface area contributed by atoms with E-state index in [0.717, 1.165) is 10.9 Å². The summed E-state index contributed by atoms with van der Waals surface area (Å²) in [7, 11) is 0. The first-order valence-electron chi connectivity index (χ1n) is 10.6. The second-order valence-electron chi connectivity index (χ2n) is 8.02. The third-order valence-corrected chi connectivity index (χ3v) is 6.49. The molecule has 0 radical (unpaired) electrons. The fourth-order valence-electron chi connectivity index (χ4n) is 4.44. The largest absolute Gasteiger partial charge is 0.321 e. The third kappa shape index (κ3) is 3.79. The molecule has 0 saturated carbocycles. The van der Waals surface area contributed by atoms with Crippen LogP contribution in [0, 0.1) is 5.82 Å². The standard InChI is InChI=1S/C26H18Cl2FN3O2/c1-14(33)32-22(24-18(28)6-4-7-19(24)29)13-21(31-32)25-23(15-9-11-16(27)12-10-15)17-5-2-3-8-20(17)30-26(25)34/h2-12,22H,13H2,1H3,(H,30,34)/t22-/m1/s1. The lowest BCUT2D eigenvalue weighted by Crippen LogP contribution is -2.25. The first kappa shape index (κ1) is 22.3. The maximum atomic E-state index is 14.8. The lowest BCUT2D eigenvalue weighted by atomic mass is 9.91. The summed E-state index contributed by atoms with van der Waals surface area (Å²) in [6.45, 7) is 1.35. The highest BCUT2D eigenvalue weighted by molar-refractivity contribution is 6.31. The molecule has 1 aromatic heterocycles. The maximum absolute atomic E-state index is 14.8. The molecular weight excluding hydrogens is 476 g/mol. The van der Waals surface area contributed by atoms with Gasteiger partial charge in [0.15, 0.2) is 0 Å². The van der Waals surface area contributed by atoms with E-state index in [1.54, 1.807) is 18.2 Å². The number of para-hydroxylation sites is 1. The van der Waals surface area contributed by atoms with Crippen LogP contribution in [0.4, 0.5) is 4.39 Å². The van der Waals surface area contributed by atoms with Gasteiger partial charge >= 0.3 is 0 Å². The van der Waals surface area contributed by atoms with Crippen molar-refractivity contribution >= 4 is 45.7 Å². The molecule has 0 bridgehead atoms. The van der Waals surface area contributed by atoms with Gasteiger partial charge < -0.3 is 4.98 Å². The van der Waals surface area contributed by atoms with E-state index in [4.69, 9.17) is 23.2 Å². The Kier molecular flexibility index (Phi) is 5.71. The molecule has 1 amide bonds. The number of hydrogen-bond acceptors (Lipinski definition) is 3. The van der Waals surface area contributed by atoms with Gasteiger partial charge in [0, 0.05) is 45.4 Å². The molecule has 0 saturated heterocycles. The number of carbonyl (C=O) groups is 1. The second kappa shape index (κ2) is 8.70. The van der Waals surface area contributed by atoms with E-state index in [9.17, 15) is 14.0 Å². The van der Waals surface area contributed by atoms with Crippen LogP contribution in [0.2, 0.25) is 10.0 Å². The Hall–Kier alpha value is -3.48. The number of aromatic nitrogens is 1. The third-order valence-electron chi connectivity index (χ3n) is 5.91. The van der Waals surface area contributed by atoms with E-state index < -0.39 is 11.9 Å². The Labute approximate surface area is 204 Å². The summed E-state index contributed by atoms with van der Waals surface area (Å²) in [6, 6.07) is 18.2. The zero-order chi connectivity index (χ0) is 24.0. The molecule has 8 heteroatoms. The van der Waals surface area contributed by atoms with E-state index in [1.165, 1.54) is 24.1 Å². The second-order valence-corrected chi connectivity index (χ2v) is 8.87. The highest BCUT2D eigenvalue weighted by Gasteiger charge is 2.36. The Bertz CT molecular complexity index is 1510. The van der Waals surface area contributed by atoms with Crippen LogP contribution in [-0.4, -0.2) is 21.6 Å². The average molecular weight is 494 g/mol. The summed E-state index contributed by atoms with van der Waals surface area (Å²) >= 11 is 12.4. The molecule has 1 aliphatic rings. The zero-order valence-electron chi connectivity index (χ0n) is 18.0. The Balaban J connectivity index is 1.75. The van der Waals surface area contributed by atoms with Gasteiger partial charge in [-0.3, -0.25) is 9.59 Å². The number of hydrazone groups is 1. The van der Waals surface area contributed by atoms with E-state index in [-0.39, 0.29) is 28.5 Å². The van der Waals surface area contributed by atoms with E-state index in [0.29, 0.717) is 27.4 Å². The molecule has 0 aliphatic carbocycles. The SMILES string of the molecule is CC(=O)N1N=C(c2c(-c3ccc(Cl)cc3)c3ccccc3[nH]c2=O)C[C@@H]1c1c(F)cccc1Cl. The number of nitrogens with one attached hydrogen (secondary N) is 1. The fourth-order valence-corrected chi connectivity index (χ4v) is 4.86. The summed E-state index contributed by atoms with van der Waals surface area (Å²) in [5.74, 6) is -0.921. The lowest BCUT2D eigenvalue weighted by Gasteiger charge is -2.21. The number of amides is 1. The summed E-state index contributed by atoms with van der Waals surface area (Å²) in [5.41, 5.74) is 2.61. The van der Waals surface area contributed by atoms with Crippen molar-refractivity contribution in [3.8, 4) is 11.1 Å². The lowest BCUT2D eigenvalue weighted by molar-refractivity contribution is -0.130. The number of rotatable bonds is 3. The van der Waals surface area contributed by atoms with Gasteiger partial charge in [-0.15, -0.1) is 0 Å². The van der Waals surface area contributed by atoms with Gasteiger partial charge in [0.05, 0.1) is 17.3 Å². The van der Waals surface area contributed by atoms with Crippen LogP contribution >= 0.6 is 23.2 Å². The maximum Gasteiger partial charge on any atom is 0.258 e. The number of carbonyl (C=O) groups excluding carboxylic acids is 1. The first-order chi connectivity index (χ1) is 16.3. The van der Waals surface area contributed by atoms with Gasteiger partial charge in [-0.2, -0.15) is 5.10 Å². The molecule has 3 aromatic carbocycles. The van der Waals surface area contributed by atoms with Crippen LogP contribution in [0.5, 0.6) is 0 Å². The van der Waals surface area contributed by atoms with Crippen LogP contribution in [0.3, 0.4) is 0 Å². The smallest absolute Gasteiger partial charge is 0.258 e. The summed E-state index contributed by atoms with van der Waals surface area (Å²) in [5, 5.41) is 7.26. The molecular formula is C26H18Cl2FN3O2. The van der Waals surface area contributed by atoms with Crippen LogP contribution < -0.4 is 5.56 Å². The van der Waals surface area contributed by atoms with Crippen molar-refractivity contribution in [1.29, 1.82) is 0 Å². The molecule has 4 aromatic rings. The van der Waals surface area contributed by atoms with Crippen LogP contribution in [0.15, 0.2) is 76.6 Å². The zero-order valence-corrected chi connectivity index (χ0v) is 19.5. The van der Waals surface area contributed by atoms with Gasteiger partial charge in [0.1, 0.15) is 5.82 Å². The molecule has 1 aliphatic heterocycles. The average Bonchev–Trinajstić information content (AvgIpc) is 3.23. The Morgan fingerprint density at radius 3 is 2.47 bits per heavy atom. The number of fused-ring (bicyclic) bond motifs is 1. The van der Waals surface area contributed by atoms with Crippen LogP contribution in [0.1, 0.15) is 30.5 Å². The normalized spacial score (nSPS) is 15.6. The molecule has 170 valence electrons. The predicted molar refractivity (Wildman–Crippen MR) is 133 cm³/mol. The molecule has 5 nitrogen and oxygen atoms in total. The monoisotopic (exact) mass is 493 g/mol.